The van der Waals surface area contributed by atoms with E-state index in [2.05, 4.69) is 18.1 Å². The fraction of sp³-hybridized carbons (Fsp3) is 0.700. The molecule has 0 amide bonds. The second-order valence-corrected chi connectivity index (χ2v) is 3.61. The molecule has 1 rings (SSSR count). The number of rotatable bonds is 4. The molecule has 0 aliphatic heterocycles. The quantitative estimate of drug-likeness (QED) is 0.763. The average molecular weight is 181 g/mol. The van der Waals surface area contributed by atoms with E-state index in [1.54, 1.807) is 0 Å². The van der Waals surface area contributed by atoms with Crippen LogP contribution in [0.2, 0.25) is 0 Å². The van der Waals surface area contributed by atoms with Gasteiger partial charge in [-0.05, 0) is 32.3 Å². The molecule has 0 saturated carbocycles. The zero-order valence-electron chi connectivity index (χ0n) is 8.75. The third-order valence-corrected chi connectivity index (χ3v) is 2.39. The molecule has 1 aromatic heterocycles. The first-order chi connectivity index (χ1) is 6.13. The summed E-state index contributed by atoms with van der Waals surface area (Å²) in [7, 11) is 1.99. The molecule has 0 bridgehead atoms. The van der Waals surface area contributed by atoms with Gasteiger partial charge in [0.05, 0.1) is 5.69 Å². The van der Waals surface area contributed by atoms with Crippen LogP contribution in [0, 0.1) is 6.92 Å². The molecular formula is C10H19N3. The van der Waals surface area contributed by atoms with E-state index in [9.17, 15) is 0 Å². The summed E-state index contributed by atoms with van der Waals surface area (Å²) < 4.78 is 1.94. The van der Waals surface area contributed by atoms with E-state index in [1.165, 1.54) is 5.69 Å². The number of nitrogens with two attached hydrogens (primary N) is 1. The molecule has 0 fully saturated rings. The minimum Gasteiger partial charge on any atom is -0.328 e. The molecule has 0 aliphatic carbocycles. The second kappa shape index (κ2) is 4.42. The summed E-state index contributed by atoms with van der Waals surface area (Å²) in [5.41, 5.74) is 8.21. The highest BCUT2D eigenvalue weighted by molar-refractivity contribution is 5.08. The van der Waals surface area contributed by atoms with Crippen LogP contribution in [0.25, 0.3) is 0 Å². The molecule has 0 aromatic carbocycles. The molecular weight excluding hydrogens is 162 g/mol. The van der Waals surface area contributed by atoms with E-state index in [-0.39, 0.29) is 0 Å². The lowest BCUT2D eigenvalue weighted by molar-refractivity contribution is 0.575. The Labute approximate surface area is 79.9 Å². The van der Waals surface area contributed by atoms with Crippen LogP contribution in [0.4, 0.5) is 0 Å². The standard InChI is InChI=1S/C10H19N3/c1-4-9(11)5-6-10-7-8(2)12-13(10)3/h7,9H,4-6,11H2,1-3H3. The van der Waals surface area contributed by atoms with Gasteiger partial charge in [0.15, 0.2) is 0 Å². The van der Waals surface area contributed by atoms with Gasteiger partial charge in [0.25, 0.3) is 0 Å². The fourth-order valence-corrected chi connectivity index (χ4v) is 1.44. The molecule has 74 valence electrons. The maximum absolute atomic E-state index is 5.85. The Morgan fingerprint density at radius 3 is 2.77 bits per heavy atom. The lowest BCUT2D eigenvalue weighted by atomic mass is 10.1. The first kappa shape index (κ1) is 10.3. The van der Waals surface area contributed by atoms with Gasteiger partial charge in [-0.1, -0.05) is 6.92 Å². The van der Waals surface area contributed by atoms with Crippen molar-refractivity contribution in [2.75, 3.05) is 0 Å². The maximum Gasteiger partial charge on any atom is 0.0596 e. The molecule has 3 nitrogen and oxygen atoms in total. The number of aromatic nitrogens is 2. The van der Waals surface area contributed by atoms with Gasteiger partial charge in [0.1, 0.15) is 0 Å². The smallest absolute Gasteiger partial charge is 0.0596 e. The summed E-state index contributed by atoms with van der Waals surface area (Å²) >= 11 is 0. The molecule has 1 unspecified atom stereocenters. The van der Waals surface area contributed by atoms with Crippen LogP contribution >= 0.6 is 0 Å². The molecule has 1 heterocycles. The maximum atomic E-state index is 5.85. The van der Waals surface area contributed by atoms with Crippen molar-refractivity contribution in [1.29, 1.82) is 0 Å². The van der Waals surface area contributed by atoms with Crippen LogP contribution in [0.3, 0.4) is 0 Å². The topological polar surface area (TPSA) is 43.8 Å². The van der Waals surface area contributed by atoms with Crippen molar-refractivity contribution >= 4 is 0 Å². The van der Waals surface area contributed by atoms with Gasteiger partial charge in [-0.3, -0.25) is 4.68 Å². The van der Waals surface area contributed by atoms with Gasteiger partial charge in [0, 0.05) is 18.8 Å². The zero-order chi connectivity index (χ0) is 9.84. The van der Waals surface area contributed by atoms with Gasteiger partial charge in [-0.15, -0.1) is 0 Å². The third-order valence-electron chi connectivity index (χ3n) is 2.39. The zero-order valence-corrected chi connectivity index (χ0v) is 8.75. The van der Waals surface area contributed by atoms with Crippen LogP contribution in [-0.4, -0.2) is 15.8 Å². The van der Waals surface area contributed by atoms with Crippen molar-refractivity contribution in [3.8, 4) is 0 Å². The lowest BCUT2D eigenvalue weighted by Gasteiger charge is -2.07. The van der Waals surface area contributed by atoms with E-state index in [0.29, 0.717) is 6.04 Å². The largest absolute Gasteiger partial charge is 0.328 e. The number of nitrogens with zero attached hydrogens (tertiary/aromatic N) is 2. The minimum atomic E-state index is 0.329. The third kappa shape index (κ3) is 2.84. The van der Waals surface area contributed by atoms with Crippen LogP contribution in [0.5, 0.6) is 0 Å². The summed E-state index contributed by atoms with van der Waals surface area (Å²) in [5, 5.41) is 4.29. The van der Waals surface area contributed by atoms with E-state index in [4.69, 9.17) is 5.73 Å². The molecule has 2 N–H and O–H groups in total. The normalized spacial score (nSPS) is 13.2. The van der Waals surface area contributed by atoms with E-state index < -0.39 is 0 Å². The number of hydrogen-bond acceptors (Lipinski definition) is 2. The predicted molar refractivity (Wildman–Crippen MR) is 54.5 cm³/mol. The SMILES string of the molecule is CCC(N)CCc1cc(C)nn1C. The van der Waals surface area contributed by atoms with E-state index in [1.807, 2.05) is 18.7 Å². The first-order valence-electron chi connectivity index (χ1n) is 4.88. The molecule has 1 atom stereocenters. The van der Waals surface area contributed by atoms with Crippen LogP contribution < -0.4 is 5.73 Å². The van der Waals surface area contributed by atoms with Gasteiger partial charge >= 0.3 is 0 Å². The first-order valence-corrected chi connectivity index (χ1v) is 4.88. The fourth-order valence-electron chi connectivity index (χ4n) is 1.44. The Hall–Kier alpha value is -0.830. The molecule has 0 saturated heterocycles. The minimum absolute atomic E-state index is 0.329. The average Bonchev–Trinajstić information content (AvgIpc) is 2.41. The lowest BCUT2D eigenvalue weighted by Crippen LogP contribution is -2.19. The Morgan fingerprint density at radius 2 is 2.31 bits per heavy atom. The Kier molecular flexibility index (Phi) is 3.48. The highest BCUT2D eigenvalue weighted by Gasteiger charge is 2.04. The second-order valence-electron chi connectivity index (χ2n) is 3.61. The van der Waals surface area contributed by atoms with Crippen molar-refractivity contribution in [3.05, 3.63) is 17.5 Å². The van der Waals surface area contributed by atoms with Crippen molar-refractivity contribution in [2.45, 2.75) is 39.2 Å². The molecule has 3 heteroatoms. The van der Waals surface area contributed by atoms with Gasteiger partial charge in [0.2, 0.25) is 0 Å². The van der Waals surface area contributed by atoms with Crippen molar-refractivity contribution in [2.24, 2.45) is 12.8 Å². The van der Waals surface area contributed by atoms with Gasteiger partial charge in [-0.2, -0.15) is 5.10 Å². The highest BCUT2D eigenvalue weighted by atomic mass is 15.3. The molecule has 1 aromatic rings. The number of aryl methyl sites for hydroxylation is 3. The van der Waals surface area contributed by atoms with E-state index >= 15 is 0 Å². The van der Waals surface area contributed by atoms with Crippen molar-refractivity contribution < 1.29 is 0 Å². The summed E-state index contributed by atoms with van der Waals surface area (Å²) in [5.74, 6) is 0. The predicted octanol–water partition coefficient (Wildman–Crippen LogP) is 1.40. The Bertz CT molecular complexity index is 265. The van der Waals surface area contributed by atoms with Crippen LogP contribution in [0.1, 0.15) is 31.2 Å². The van der Waals surface area contributed by atoms with Crippen LogP contribution in [-0.2, 0) is 13.5 Å². The monoisotopic (exact) mass is 181 g/mol. The molecule has 13 heavy (non-hydrogen) atoms. The Balaban J connectivity index is 2.49. The van der Waals surface area contributed by atoms with Crippen LogP contribution in [0.15, 0.2) is 6.07 Å². The molecule has 0 aliphatic rings. The summed E-state index contributed by atoms with van der Waals surface area (Å²) in [6.45, 7) is 4.14. The Morgan fingerprint density at radius 1 is 1.62 bits per heavy atom. The van der Waals surface area contributed by atoms with Crippen molar-refractivity contribution in [1.82, 2.24) is 9.78 Å². The molecule has 0 radical (unpaired) electrons. The number of hydrogen-bond donors (Lipinski definition) is 1. The summed E-state index contributed by atoms with van der Waals surface area (Å²) in [6.07, 6.45) is 3.14. The van der Waals surface area contributed by atoms with Crippen molar-refractivity contribution in [3.63, 3.8) is 0 Å². The van der Waals surface area contributed by atoms with Gasteiger partial charge in [-0.25, -0.2) is 0 Å². The summed E-state index contributed by atoms with van der Waals surface area (Å²) in [4.78, 5) is 0. The van der Waals surface area contributed by atoms with E-state index in [0.717, 1.165) is 25.0 Å². The summed E-state index contributed by atoms with van der Waals surface area (Å²) in [6, 6.07) is 2.46. The van der Waals surface area contributed by atoms with Gasteiger partial charge < -0.3 is 5.73 Å². The highest BCUT2D eigenvalue weighted by Crippen LogP contribution is 2.06. The molecule has 0 spiro atoms.